The summed E-state index contributed by atoms with van der Waals surface area (Å²) in [6.45, 7) is 4.20. The number of rotatable bonds is 5. The van der Waals surface area contributed by atoms with E-state index in [1.165, 1.54) is 0 Å². The van der Waals surface area contributed by atoms with Gasteiger partial charge in [0.25, 0.3) is 0 Å². The topological polar surface area (TPSA) is 73.6 Å². The standard InChI is InChI=1S/C19H21BrClN3O/c1-11-9-13(18(23)12(2)19(21)24-3)7-8-17(11)25-10-14-15(20)5-4-6-16(14)22/h4-9H,10,22-23H2,1-3H3. The van der Waals surface area contributed by atoms with Crippen LogP contribution in [0.4, 0.5) is 5.69 Å². The van der Waals surface area contributed by atoms with E-state index < -0.39 is 0 Å². The molecule has 0 aliphatic rings. The first-order chi connectivity index (χ1) is 11.8. The zero-order valence-corrected chi connectivity index (χ0v) is 16.8. The van der Waals surface area contributed by atoms with Crippen molar-refractivity contribution < 1.29 is 4.74 Å². The Hall–Kier alpha value is -1.98. The number of allylic oxidation sites excluding steroid dienone is 1. The third-order valence-corrected chi connectivity index (χ3v) is 5.12. The van der Waals surface area contributed by atoms with Gasteiger partial charge >= 0.3 is 0 Å². The van der Waals surface area contributed by atoms with Crippen LogP contribution >= 0.6 is 27.5 Å². The predicted octanol–water partition coefficient (Wildman–Crippen LogP) is 4.88. The smallest absolute Gasteiger partial charge is 0.128 e. The summed E-state index contributed by atoms with van der Waals surface area (Å²) in [5.41, 5.74) is 17.0. The van der Waals surface area contributed by atoms with Crippen LogP contribution in [0.5, 0.6) is 5.75 Å². The molecule has 0 saturated carbocycles. The number of hydrogen-bond donors (Lipinski definition) is 2. The molecule has 0 spiro atoms. The molecular formula is C19H21BrClN3O. The lowest BCUT2D eigenvalue weighted by atomic mass is 10.1. The summed E-state index contributed by atoms with van der Waals surface area (Å²) >= 11 is 9.55. The van der Waals surface area contributed by atoms with Gasteiger partial charge in [-0.15, -0.1) is 0 Å². The van der Waals surface area contributed by atoms with Crippen molar-refractivity contribution in [3.63, 3.8) is 0 Å². The van der Waals surface area contributed by atoms with E-state index in [2.05, 4.69) is 20.9 Å². The minimum absolute atomic E-state index is 0.381. The number of aliphatic imine (C=N–C) groups is 1. The molecular weight excluding hydrogens is 402 g/mol. The number of nitrogen functional groups attached to an aromatic ring is 1. The van der Waals surface area contributed by atoms with Gasteiger partial charge in [-0.05, 0) is 55.3 Å². The van der Waals surface area contributed by atoms with Gasteiger partial charge in [-0.2, -0.15) is 0 Å². The summed E-state index contributed by atoms with van der Waals surface area (Å²) in [5.74, 6) is 0.777. The van der Waals surface area contributed by atoms with Crippen molar-refractivity contribution >= 4 is 44.1 Å². The summed E-state index contributed by atoms with van der Waals surface area (Å²) in [7, 11) is 1.63. The maximum Gasteiger partial charge on any atom is 0.128 e. The zero-order valence-electron chi connectivity index (χ0n) is 14.4. The second-order valence-electron chi connectivity index (χ2n) is 5.63. The van der Waals surface area contributed by atoms with E-state index in [0.29, 0.717) is 23.2 Å². The fraction of sp³-hybridized carbons (Fsp3) is 0.211. The second kappa shape index (κ2) is 8.41. The normalized spacial score (nSPS) is 12.8. The lowest BCUT2D eigenvalue weighted by molar-refractivity contribution is 0.304. The molecule has 132 valence electrons. The lowest BCUT2D eigenvalue weighted by Crippen LogP contribution is -2.06. The van der Waals surface area contributed by atoms with Gasteiger partial charge in [0.05, 0.1) is 0 Å². The molecule has 0 amide bonds. The number of hydrogen-bond acceptors (Lipinski definition) is 4. The molecule has 25 heavy (non-hydrogen) atoms. The number of ether oxygens (including phenoxy) is 1. The largest absolute Gasteiger partial charge is 0.489 e. The summed E-state index contributed by atoms with van der Waals surface area (Å²) in [5, 5.41) is 0.403. The number of benzene rings is 2. The summed E-state index contributed by atoms with van der Waals surface area (Å²) < 4.78 is 6.86. The van der Waals surface area contributed by atoms with Gasteiger partial charge in [0.15, 0.2) is 0 Å². The van der Waals surface area contributed by atoms with E-state index in [-0.39, 0.29) is 0 Å². The number of nitrogens with zero attached hydrogens (tertiary/aromatic N) is 1. The average Bonchev–Trinajstić information content (AvgIpc) is 2.60. The number of halogens is 2. The molecule has 0 aromatic heterocycles. The van der Waals surface area contributed by atoms with Crippen LogP contribution in [0, 0.1) is 6.92 Å². The average molecular weight is 423 g/mol. The van der Waals surface area contributed by atoms with Crippen LogP contribution in [-0.2, 0) is 6.61 Å². The van der Waals surface area contributed by atoms with Gasteiger partial charge in [-0.1, -0.05) is 33.6 Å². The first-order valence-corrected chi connectivity index (χ1v) is 8.88. The molecule has 0 saturated heterocycles. The number of nitrogens with two attached hydrogens (primary N) is 2. The second-order valence-corrected chi connectivity index (χ2v) is 6.84. The van der Waals surface area contributed by atoms with Crippen molar-refractivity contribution in [3.05, 3.63) is 63.1 Å². The number of aryl methyl sites for hydroxylation is 1. The Morgan fingerprint density at radius 1 is 1.28 bits per heavy atom. The highest BCUT2D eigenvalue weighted by Gasteiger charge is 2.10. The van der Waals surface area contributed by atoms with E-state index >= 15 is 0 Å². The van der Waals surface area contributed by atoms with Crippen LogP contribution < -0.4 is 16.2 Å². The zero-order chi connectivity index (χ0) is 18.6. The Labute approximate surface area is 161 Å². The molecule has 6 heteroatoms. The fourth-order valence-corrected chi connectivity index (χ4v) is 2.95. The van der Waals surface area contributed by atoms with Crippen molar-refractivity contribution in [2.75, 3.05) is 12.8 Å². The van der Waals surface area contributed by atoms with Crippen molar-refractivity contribution in [2.45, 2.75) is 20.5 Å². The summed E-state index contributed by atoms with van der Waals surface area (Å²) in [6.07, 6.45) is 0. The quantitative estimate of drug-likeness (QED) is 0.533. The Bertz CT molecular complexity index is 826. The highest BCUT2D eigenvalue weighted by atomic mass is 79.9. The highest BCUT2D eigenvalue weighted by Crippen LogP contribution is 2.27. The SMILES string of the molecule is CN=C(Cl)C(C)=C(N)c1ccc(OCc2c(N)cccc2Br)c(C)c1. The van der Waals surface area contributed by atoms with Crippen LogP contribution in [0.2, 0.25) is 0 Å². The maximum absolute atomic E-state index is 6.19. The van der Waals surface area contributed by atoms with Gasteiger partial charge in [-0.25, -0.2) is 0 Å². The van der Waals surface area contributed by atoms with Crippen molar-refractivity contribution in [1.82, 2.24) is 0 Å². The van der Waals surface area contributed by atoms with Crippen molar-refractivity contribution in [1.29, 1.82) is 0 Å². The first-order valence-electron chi connectivity index (χ1n) is 7.70. The Kier molecular flexibility index (Phi) is 6.51. The molecule has 0 bridgehead atoms. The summed E-state index contributed by atoms with van der Waals surface area (Å²) in [6, 6.07) is 11.5. The van der Waals surface area contributed by atoms with Crippen LogP contribution in [-0.4, -0.2) is 12.2 Å². The monoisotopic (exact) mass is 421 g/mol. The third kappa shape index (κ3) is 4.55. The minimum Gasteiger partial charge on any atom is -0.489 e. The van der Waals surface area contributed by atoms with Gasteiger partial charge in [0, 0.05) is 34.0 Å². The molecule has 0 radical (unpaired) electrons. The highest BCUT2D eigenvalue weighted by molar-refractivity contribution is 9.10. The molecule has 0 aliphatic heterocycles. The maximum atomic E-state index is 6.19. The van der Waals surface area contributed by atoms with E-state index in [4.69, 9.17) is 27.8 Å². The molecule has 0 fully saturated rings. The van der Waals surface area contributed by atoms with Gasteiger partial charge < -0.3 is 16.2 Å². The molecule has 0 atom stereocenters. The summed E-state index contributed by atoms with van der Waals surface area (Å²) in [4.78, 5) is 3.96. The molecule has 4 nitrogen and oxygen atoms in total. The molecule has 0 unspecified atom stereocenters. The fourth-order valence-electron chi connectivity index (χ4n) is 2.35. The van der Waals surface area contributed by atoms with Crippen LogP contribution in [0.3, 0.4) is 0 Å². The van der Waals surface area contributed by atoms with Crippen molar-refractivity contribution in [3.8, 4) is 5.75 Å². The molecule has 2 aromatic rings. The molecule has 2 aromatic carbocycles. The Balaban J connectivity index is 2.23. The molecule has 4 N–H and O–H groups in total. The molecule has 2 rings (SSSR count). The minimum atomic E-state index is 0.381. The number of anilines is 1. The van der Waals surface area contributed by atoms with Crippen LogP contribution in [0.1, 0.15) is 23.6 Å². The van der Waals surface area contributed by atoms with E-state index in [1.807, 2.05) is 50.2 Å². The predicted molar refractivity (Wildman–Crippen MR) is 110 cm³/mol. The van der Waals surface area contributed by atoms with E-state index in [1.54, 1.807) is 7.05 Å². The van der Waals surface area contributed by atoms with Crippen LogP contribution in [0.25, 0.3) is 5.70 Å². The van der Waals surface area contributed by atoms with Gasteiger partial charge in [-0.3, -0.25) is 4.99 Å². The first kappa shape index (κ1) is 19.3. The Morgan fingerprint density at radius 3 is 2.60 bits per heavy atom. The Morgan fingerprint density at radius 2 is 2.00 bits per heavy atom. The molecule has 0 aliphatic carbocycles. The van der Waals surface area contributed by atoms with Crippen LogP contribution in [0.15, 0.2) is 51.4 Å². The van der Waals surface area contributed by atoms with Gasteiger partial charge in [0.2, 0.25) is 0 Å². The van der Waals surface area contributed by atoms with E-state index in [9.17, 15) is 0 Å². The van der Waals surface area contributed by atoms with Gasteiger partial charge in [0.1, 0.15) is 17.5 Å². The lowest BCUT2D eigenvalue weighted by Gasteiger charge is -2.14. The van der Waals surface area contributed by atoms with Crippen molar-refractivity contribution in [2.24, 2.45) is 10.7 Å². The molecule has 0 heterocycles. The van der Waals surface area contributed by atoms with E-state index in [0.717, 1.165) is 32.5 Å². The third-order valence-electron chi connectivity index (χ3n) is 3.92.